The lowest BCUT2D eigenvalue weighted by Crippen LogP contribution is -2.09. The van der Waals surface area contributed by atoms with E-state index in [0.717, 1.165) is 0 Å². The minimum absolute atomic E-state index is 0.590. The van der Waals surface area contributed by atoms with Crippen LogP contribution in [0, 0.1) is 12.9 Å². The molecule has 1 rings (SSSR count). The third-order valence-corrected chi connectivity index (χ3v) is 0.464. The van der Waals surface area contributed by atoms with Gasteiger partial charge in [0.25, 0.3) is 0 Å². The maximum atomic E-state index is 4.59. The van der Waals surface area contributed by atoms with Crippen LogP contribution >= 0.6 is 0 Å². The molecule has 1 N–H and O–H groups in total. The van der Waals surface area contributed by atoms with Crippen molar-refractivity contribution in [2.75, 3.05) is 6.61 Å². The van der Waals surface area contributed by atoms with Crippen molar-refractivity contribution in [1.29, 1.82) is 0 Å². The first kappa shape index (κ1) is 3.68. The third-order valence-electron chi connectivity index (χ3n) is 0.464. The van der Waals surface area contributed by atoms with Gasteiger partial charge in [0.1, 0.15) is 0 Å². The van der Waals surface area contributed by atoms with E-state index in [0.29, 0.717) is 6.61 Å². The topological polar surface area (TPSA) is 21.3 Å². The molecule has 0 bridgehead atoms. The lowest BCUT2D eigenvalue weighted by atomic mass is 10.6. The molecule has 0 aliphatic carbocycles. The summed E-state index contributed by atoms with van der Waals surface area (Å²) in [4.78, 5) is 0. The lowest BCUT2D eigenvalue weighted by Gasteiger charge is -2.00. The van der Waals surface area contributed by atoms with Crippen molar-refractivity contribution in [2.24, 2.45) is 0 Å². The molecule has 6 heavy (non-hydrogen) atoms. The molecule has 31 valence electrons. The summed E-state index contributed by atoms with van der Waals surface area (Å²) in [7, 11) is 0. The second-order valence-electron chi connectivity index (χ2n) is 0.887. The van der Waals surface area contributed by atoms with Gasteiger partial charge in [0.05, 0.1) is 12.8 Å². The van der Waals surface area contributed by atoms with Crippen LogP contribution in [0.3, 0.4) is 0 Å². The molecule has 0 fully saturated rings. The Kier molecular flexibility index (Phi) is 1.12. The van der Waals surface area contributed by atoms with E-state index in [1.807, 2.05) is 0 Å². The third kappa shape index (κ3) is 0.723. The molecule has 0 saturated heterocycles. The Morgan fingerprint density at radius 3 is 3.00 bits per heavy atom. The van der Waals surface area contributed by atoms with Gasteiger partial charge in [0.15, 0.2) is 0 Å². The highest BCUT2D eigenvalue weighted by Gasteiger charge is 1.87. The van der Waals surface area contributed by atoms with Crippen LogP contribution in [0.2, 0.25) is 0 Å². The van der Waals surface area contributed by atoms with Crippen LogP contribution in [0.4, 0.5) is 0 Å². The molecule has 0 aromatic rings. The molecule has 3 radical (unpaired) electrons. The maximum Gasteiger partial charge on any atom is 0.247 e. The number of nitrogens with one attached hydrogen (secondary N) is 1. The molecule has 2 nitrogen and oxygen atoms in total. The van der Waals surface area contributed by atoms with Crippen LogP contribution in [0.1, 0.15) is 0 Å². The van der Waals surface area contributed by atoms with Crippen molar-refractivity contribution in [3.05, 3.63) is 19.0 Å². The first-order chi connectivity index (χ1) is 3.00. The van der Waals surface area contributed by atoms with E-state index in [1.165, 1.54) is 0 Å². The second kappa shape index (κ2) is 1.82. The molecule has 0 atom stereocenters. The van der Waals surface area contributed by atoms with Gasteiger partial charge in [-0.15, -0.1) is 0 Å². The van der Waals surface area contributed by atoms with Crippen molar-refractivity contribution < 1.29 is 4.74 Å². The van der Waals surface area contributed by atoms with Crippen LogP contribution in [0.25, 0.3) is 0 Å². The average molecular weight is 82.1 g/mol. The fraction of sp³-hybridized carbons (Fsp3) is 0.250. The van der Waals surface area contributed by atoms with Gasteiger partial charge < -0.3 is 10.1 Å². The minimum Gasteiger partial charge on any atom is -0.348 e. The largest absolute Gasteiger partial charge is 0.348 e. The average Bonchev–Trinajstić information content (AvgIpc) is 1.72. The molecule has 0 spiro atoms. The molecular weight excluding hydrogens is 78.0 g/mol. The summed E-state index contributed by atoms with van der Waals surface area (Å²) < 4.78 is 4.59. The van der Waals surface area contributed by atoms with Gasteiger partial charge in [-0.3, -0.25) is 0 Å². The normalized spacial score (nSPS) is 20.0. The van der Waals surface area contributed by atoms with Crippen LogP contribution in [0.15, 0.2) is 6.08 Å². The number of hydrogen-bond acceptors (Lipinski definition) is 2. The Bertz CT molecular complexity index is 52.6. The van der Waals surface area contributed by atoms with Crippen LogP contribution in [-0.4, -0.2) is 6.61 Å². The zero-order valence-electron chi connectivity index (χ0n) is 3.19. The Labute approximate surface area is 36.8 Å². The summed E-state index contributed by atoms with van der Waals surface area (Å²) in [6.07, 6.45) is 4.42. The van der Waals surface area contributed by atoms with Crippen molar-refractivity contribution in [2.45, 2.75) is 0 Å². The Morgan fingerprint density at radius 2 is 2.83 bits per heavy atom. The number of ether oxygens (including phenoxy) is 1. The monoisotopic (exact) mass is 82.0 g/mol. The van der Waals surface area contributed by atoms with Gasteiger partial charge >= 0.3 is 0 Å². The fourth-order valence-electron chi connectivity index (χ4n) is 0.242. The predicted octanol–water partition coefficient (Wildman–Crippen LogP) is -0.0806. The highest BCUT2D eigenvalue weighted by Crippen LogP contribution is 1.82. The van der Waals surface area contributed by atoms with Crippen molar-refractivity contribution in [3.63, 3.8) is 0 Å². The number of hydrogen-bond donors (Lipinski definition) is 1. The van der Waals surface area contributed by atoms with E-state index in [-0.39, 0.29) is 0 Å². The zero-order chi connectivity index (χ0) is 4.24. The second-order valence-corrected chi connectivity index (χ2v) is 0.887. The molecule has 0 aromatic carbocycles. The van der Waals surface area contributed by atoms with Gasteiger partial charge in [0, 0.05) is 0 Å². The smallest absolute Gasteiger partial charge is 0.247 e. The molecule has 0 amide bonds. The van der Waals surface area contributed by atoms with Crippen molar-refractivity contribution >= 4 is 0 Å². The van der Waals surface area contributed by atoms with E-state index in [1.54, 1.807) is 6.08 Å². The van der Waals surface area contributed by atoms with Gasteiger partial charge in [-0.05, 0) is 6.08 Å². The molecule has 0 aromatic heterocycles. The van der Waals surface area contributed by atoms with E-state index in [4.69, 9.17) is 0 Å². The zero-order valence-corrected chi connectivity index (χ0v) is 3.19. The van der Waals surface area contributed by atoms with Gasteiger partial charge in [0.2, 0.25) is 6.73 Å². The van der Waals surface area contributed by atoms with Crippen LogP contribution < -0.4 is 5.32 Å². The summed E-state index contributed by atoms with van der Waals surface area (Å²) in [5.41, 5.74) is 0. The molecule has 0 unspecified atom stereocenters. The van der Waals surface area contributed by atoms with Gasteiger partial charge in [-0.1, -0.05) is 0 Å². The summed E-state index contributed by atoms with van der Waals surface area (Å²) in [6.45, 7) is 2.98. The van der Waals surface area contributed by atoms with Crippen molar-refractivity contribution in [1.82, 2.24) is 5.32 Å². The summed E-state index contributed by atoms with van der Waals surface area (Å²) in [5.74, 6) is 0. The van der Waals surface area contributed by atoms with E-state index in [9.17, 15) is 0 Å². The Hall–Kier alpha value is -0.500. The van der Waals surface area contributed by atoms with E-state index < -0.39 is 0 Å². The van der Waals surface area contributed by atoms with Gasteiger partial charge in [-0.25, -0.2) is 0 Å². The standard InChI is InChI=1S/C4H4NO/c1-2-5-4-6-3-1/h1,5H,3H2. The predicted molar refractivity (Wildman–Crippen MR) is 20.1 cm³/mol. The van der Waals surface area contributed by atoms with Crippen LogP contribution in [-0.2, 0) is 4.74 Å². The van der Waals surface area contributed by atoms with Crippen LogP contribution in [0.5, 0.6) is 0 Å². The molecule has 1 aliphatic rings. The Morgan fingerprint density at radius 1 is 1.83 bits per heavy atom. The summed E-state index contributed by atoms with van der Waals surface area (Å²) in [5, 5.41) is 2.51. The van der Waals surface area contributed by atoms with E-state index in [2.05, 4.69) is 23.0 Å². The summed E-state index contributed by atoms with van der Waals surface area (Å²) >= 11 is 0. The fourth-order valence-corrected chi connectivity index (χ4v) is 0.242. The molecular formula is C4H4NO. The highest BCUT2D eigenvalue weighted by molar-refractivity contribution is 4.76. The lowest BCUT2D eigenvalue weighted by molar-refractivity contribution is 0.206. The van der Waals surface area contributed by atoms with E-state index >= 15 is 0 Å². The SMILES string of the molecule is [C]1N[C]=CCO1. The molecule has 1 heterocycles. The minimum atomic E-state index is 0.590. The Balaban J connectivity index is 2.26. The molecule has 2 heteroatoms. The highest BCUT2D eigenvalue weighted by atomic mass is 16.5. The van der Waals surface area contributed by atoms with Gasteiger partial charge in [-0.2, -0.15) is 0 Å². The number of rotatable bonds is 0. The maximum absolute atomic E-state index is 4.59. The first-order valence-corrected chi connectivity index (χ1v) is 1.69. The summed E-state index contributed by atoms with van der Waals surface area (Å²) in [6, 6.07) is 0. The van der Waals surface area contributed by atoms with Crippen molar-refractivity contribution in [3.8, 4) is 0 Å². The first-order valence-electron chi connectivity index (χ1n) is 1.69. The molecule has 0 saturated carbocycles. The quantitative estimate of drug-likeness (QED) is 0.441. The molecule has 1 aliphatic heterocycles.